The molecule has 2 heterocycles. The highest BCUT2D eigenvalue weighted by atomic mass is 19.4. The molecule has 0 amide bonds. The molecular formula is C8H5F3N4. The van der Waals surface area contributed by atoms with Crippen molar-refractivity contribution in [2.75, 3.05) is 0 Å². The van der Waals surface area contributed by atoms with Gasteiger partial charge < -0.3 is 0 Å². The number of nitrogens with zero attached hydrogens (tertiary/aromatic N) is 4. The van der Waals surface area contributed by atoms with Crippen molar-refractivity contribution in [1.82, 2.24) is 19.9 Å². The summed E-state index contributed by atoms with van der Waals surface area (Å²) in [5, 5.41) is 0. The van der Waals surface area contributed by atoms with Gasteiger partial charge in [0.1, 0.15) is 11.8 Å². The fraction of sp³-hybridized carbons (Fsp3) is 0.250. The van der Waals surface area contributed by atoms with E-state index in [-0.39, 0.29) is 11.2 Å². The van der Waals surface area contributed by atoms with E-state index >= 15 is 0 Å². The Labute approximate surface area is 82.2 Å². The number of aromatic nitrogens is 4. The van der Waals surface area contributed by atoms with Crippen molar-refractivity contribution in [1.29, 1.82) is 0 Å². The van der Waals surface area contributed by atoms with E-state index in [1.165, 1.54) is 6.20 Å². The van der Waals surface area contributed by atoms with Crippen LogP contribution in [0.25, 0.3) is 11.2 Å². The van der Waals surface area contributed by atoms with Crippen molar-refractivity contribution >= 4 is 11.2 Å². The quantitative estimate of drug-likeness (QED) is 0.670. The number of halogens is 3. The van der Waals surface area contributed by atoms with Crippen molar-refractivity contribution in [3.63, 3.8) is 0 Å². The highest BCUT2D eigenvalue weighted by Crippen LogP contribution is 2.30. The standard InChI is InChI=1S/C8H5F3N4/c1-4-2-12-5-6(8(9,10)11)13-3-14-7(5)15-4/h2-3H,1H3. The average molecular weight is 214 g/mol. The first-order valence-electron chi connectivity index (χ1n) is 4.00. The Morgan fingerprint density at radius 3 is 2.53 bits per heavy atom. The molecule has 0 aromatic carbocycles. The van der Waals surface area contributed by atoms with Crippen LogP contribution in [0.2, 0.25) is 0 Å². The zero-order valence-electron chi connectivity index (χ0n) is 7.58. The summed E-state index contributed by atoms with van der Waals surface area (Å²) < 4.78 is 37.4. The highest BCUT2D eigenvalue weighted by Gasteiger charge is 2.35. The van der Waals surface area contributed by atoms with Gasteiger partial charge in [-0.15, -0.1) is 0 Å². The predicted octanol–water partition coefficient (Wildman–Crippen LogP) is 1.75. The van der Waals surface area contributed by atoms with E-state index in [9.17, 15) is 13.2 Å². The van der Waals surface area contributed by atoms with Gasteiger partial charge in [0, 0.05) is 6.20 Å². The molecule has 0 unspecified atom stereocenters. The van der Waals surface area contributed by atoms with Crippen molar-refractivity contribution in [2.24, 2.45) is 0 Å². The molecule has 4 nitrogen and oxygen atoms in total. The summed E-state index contributed by atoms with van der Waals surface area (Å²) in [6.45, 7) is 1.63. The second kappa shape index (κ2) is 3.11. The lowest BCUT2D eigenvalue weighted by atomic mass is 10.3. The van der Waals surface area contributed by atoms with Crippen LogP contribution in [-0.4, -0.2) is 19.9 Å². The van der Waals surface area contributed by atoms with Crippen molar-refractivity contribution in [2.45, 2.75) is 13.1 Å². The summed E-state index contributed by atoms with van der Waals surface area (Å²) in [5.74, 6) is 0. The SMILES string of the molecule is Cc1cnc2c(C(F)(F)F)ncnc2n1. The normalized spacial score (nSPS) is 12.0. The van der Waals surface area contributed by atoms with E-state index in [1.807, 2.05) is 0 Å². The van der Waals surface area contributed by atoms with Gasteiger partial charge in [-0.3, -0.25) is 0 Å². The first-order chi connectivity index (χ1) is 6.98. The largest absolute Gasteiger partial charge is 0.435 e. The Morgan fingerprint density at radius 1 is 1.13 bits per heavy atom. The van der Waals surface area contributed by atoms with Gasteiger partial charge in [0.25, 0.3) is 0 Å². The minimum atomic E-state index is -4.54. The van der Waals surface area contributed by atoms with Gasteiger partial charge >= 0.3 is 6.18 Å². The Hall–Kier alpha value is -1.79. The Kier molecular flexibility index (Phi) is 2.02. The molecule has 0 saturated heterocycles. The maximum atomic E-state index is 12.5. The number of aryl methyl sites for hydroxylation is 1. The van der Waals surface area contributed by atoms with E-state index in [2.05, 4.69) is 19.9 Å². The third-order valence-electron chi connectivity index (χ3n) is 1.73. The fourth-order valence-electron chi connectivity index (χ4n) is 1.13. The number of fused-ring (bicyclic) bond motifs is 1. The summed E-state index contributed by atoms with van der Waals surface area (Å²) in [7, 11) is 0. The van der Waals surface area contributed by atoms with Crippen LogP contribution in [0.15, 0.2) is 12.5 Å². The maximum absolute atomic E-state index is 12.5. The molecule has 0 N–H and O–H groups in total. The topological polar surface area (TPSA) is 51.6 Å². The van der Waals surface area contributed by atoms with Crippen molar-refractivity contribution < 1.29 is 13.2 Å². The van der Waals surface area contributed by atoms with Gasteiger partial charge in [0.05, 0.1) is 5.69 Å². The Morgan fingerprint density at radius 2 is 1.87 bits per heavy atom. The van der Waals surface area contributed by atoms with Crippen LogP contribution in [-0.2, 0) is 6.18 Å². The van der Waals surface area contributed by atoms with Crippen molar-refractivity contribution in [3.05, 3.63) is 23.9 Å². The van der Waals surface area contributed by atoms with E-state index in [4.69, 9.17) is 0 Å². The maximum Gasteiger partial charge on any atom is 0.435 e. The monoisotopic (exact) mass is 214 g/mol. The second-order valence-corrected chi connectivity index (χ2v) is 2.90. The minimum absolute atomic E-state index is 0.0441. The predicted molar refractivity (Wildman–Crippen MR) is 44.9 cm³/mol. The van der Waals surface area contributed by atoms with Gasteiger partial charge in [0.2, 0.25) is 0 Å². The molecule has 78 valence electrons. The fourth-order valence-corrected chi connectivity index (χ4v) is 1.13. The molecular weight excluding hydrogens is 209 g/mol. The van der Waals surface area contributed by atoms with Crippen molar-refractivity contribution in [3.8, 4) is 0 Å². The van der Waals surface area contributed by atoms with Gasteiger partial charge in [-0.1, -0.05) is 0 Å². The molecule has 0 fully saturated rings. The molecule has 0 radical (unpaired) electrons. The molecule has 0 aliphatic rings. The first kappa shape index (κ1) is 9.75. The molecule has 2 rings (SSSR count). The van der Waals surface area contributed by atoms with Crippen LogP contribution in [0.5, 0.6) is 0 Å². The molecule has 0 atom stereocenters. The van der Waals surface area contributed by atoms with Crippen LogP contribution < -0.4 is 0 Å². The average Bonchev–Trinajstić information content (AvgIpc) is 2.15. The van der Waals surface area contributed by atoms with E-state index in [0.717, 1.165) is 6.33 Å². The summed E-state index contributed by atoms with van der Waals surface area (Å²) in [5.41, 5.74) is -0.915. The number of hydrogen-bond acceptors (Lipinski definition) is 4. The lowest BCUT2D eigenvalue weighted by molar-refractivity contribution is -0.140. The third kappa shape index (κ3) is 1.72. The molecule has 7 heteroatoms. The van der Waals surface area contributed by atoms with Gasteiger partial charge in [0.15, 0.2) is 11.3 Å². The van der Waals surface area contributed by atoms with Gasteiger partial charge in [-0.05, 0) is 6.92 Å². The summed E-state index contributed by atoms with van der Waals surface area (Å²) in [4.78, 5) is 14.3. The minimum Gasteiger partial charge on any atom is -0.249 e. The molecule has 0 aliphatic carbocycles. The van der Waals surface area contributed by atoms with E-state index in [1.54, 1.807) is 6.92 Å². The zero-order chi connectivity index (χ0) is 11.1. The lowest BCUT2D eigenvalue weighted by Gasteiger charge is -2.06. The van der Waals surface area contributed by atoms with Crippen LogP contribution in [0.3, 0.4) is 0 Å². The number of hydrogen-bond donors (Lipinski definition) is 0. The van der Waals surface area contributed by atoms with Crippen LogP contribution in [0.1, 0.15) is 11.4 Å². The number of alkyl halides is 3. The summed E-state index contributed by atoms with van der Waals surface area (Å²) in [6, 6.07) is 0. The molecule has 0 bridgehead atoms. The molecule has 2 aromatic rings. The third-order valence-corrected chi connectivity index (χ3v) is 1.73. The van der Waals surface area contributed by atoms with Gasteiger partial charge in [-0.2, -0.15) is 13.2 Å². The second-order valence-electron chi connectivity index (χ2n) is 2.90. The zero-order valence-corrected chi connectivity index (χ0v) is 7.58. The molecule has 0 spiro atoms. The molecule has 0 aliphatic heterocycles. The molecule has 2 aromatic heterocycles. The van der Waals surface area contributed by atoms with Crippen LogP contribution in [0, 0.1) is 6.92 Å². The summed E-state index contributed by atoms with van der Waals surface area (Å²) in [6.07, 6.45) is -2.45. The van der Waals surface area contributed by atoms with Gasteiger partial charge in [-0.25, -0.2) is 19.9 Å². The molecule has 0 saturated carbocycles. The van der Waals surface area contributed by atoms with Crippen LogP contribution in [0.4, 0.5) is 13.2 Å². The molecule has 15 heavy (non-hydrogen) atoms. The lowest BCUT2D eigenvalue weighted by Crippen LogP contribution is -2.10. The Balaban J connectivity index is 2.77. The van der Waals surface area contributed by atoms with E-state index in [0.29, 0.717) is 5.69 Å². The smallest absolute Gasteiger partial charge is 0.249 e. The summed E-state index contributed by atoms with van der Waals surface area (Å²) >= 11 is 0. The van der Waals surface area contributed by atoms with Crippen LogP contribution >= 0.6 is 0 Å². The van der Waals surface area contributed by atoms with E-state index < -0.39 is 11.9 Å². The Bertz CT molecular complexity index is 509. The first-order valence-corrected chi connectivity index (χ1v) is 4.00. The highest BCUT2D eigenvalue weighted by molar-refractivity contribution is 5.72. The number of rotatable bonds is 0.